The Hall–Kier alpha value is -1.30. The third-order valence-corrected chi connectivity index (χ3v) is 3.98. The van der Waals surface area contributed by atoms with E-state index in [2.05, 4.69) is 10.6 Å². The summed E-state index contributed by atoms with van der Waals surface area (Å²) in [6.45, 7) is 1.29. The number of hydrogen-bond acceptors (Lipinski definition) is 3. The normalized spacial score (nSPS) is 17.2. The van der Waals surface area contributed by atoms with Gasteiger partial charge in [0, 0.05) is 20.3 Å². The molecule has 0 aromatic heterocycles. The van der Waals surface area contributed by atoms with Gasteiger partial charge in [0.05, 0.1) is 0 Å². The molecule has 6 nitrogen and oxygen atoms in total. The number of unbranched alkanes of at least 4 members (excludes halogenated alkanes) is 2. The molecule has 1 aliphatic rings. The van der Waals surface area contributed by atoms with Crippen LogP contribution in [-0.2, 0) is 9.53 Å². The second-order valence-electron chi connectivity index (χ2n) is 5.67. The molecule has 0 aromatic rings. The standard InChI is InChI=1S/C15H28N2O4/c1-21-11-7-3-6-10-16-15(20)17-13(14(18)19)12-8-4-2-5-9-12/h12-13H,2-11H2,1H3,(H,18,19)(H2,16,17,20). The summed E-state index contributed by atoms with van der Waals surface area (Å²) < 4.78 is 4.95. The van der Waals surface area contributed by atoms with Crippen molar-refractivity contribution in [2.75, 3.05) is 20.3 Å². The minimum atomic E-state index is -0.933. The molecule has 1 unspecified atom stereocenters. The molecule has 1 rings (SSSR count). The summed E-state index contributed by atoms with van der Waals surface area (Å²) in [5.74, 6) is -0.874. The van der Waals surface area contributed by atoms with Crippen LogP contribution in [-0.4, -0.2) is 43.4 Å². The Morgan fingerprint density at radius 2 is 1.90 bits per heavy atom. The number of urea groups is 1. The molecule has 0 radical (unpaired) electrons. The predicted molar refractivity (Wildman–Crippen MR) is 80.3 cm³/mol. The minimum Gasteiger partial charge on any atom is -0.480 e. The van der Waals surface area contributed by atoms with Crippen LogP contribution in [0, 0.1) is 5.92 Å². The molecule has 1 atom stereocenters. The zero-order valence-electron chi connectivity index (χ0n) is 12.9. The fourth-order valence-electron chi connectivity index (χ4n) is 2.79. The summed E-state index contributed by atoms with van der Waals surface area (Å²) in [6, 6.07) is -1.14. The van der Waals surface area contributed by atoms with Gasteiger partial charge in [-0.05, 0) is 38.0 Å². The van der Waals surface area contributed by atoms with Crippen LogP contribution in [0.5, 0.6) is 0 Å². The second-order valence-corrected chi connectivity index (χ2v) is 5.67. The van der Waals surface area contributed by atoms with Crippen molar-refractivity contribution < 1.29 is 19.4 Å². The molecule has 122 valence electrons. The van der Waals surface area contributed by atoms with Crippen LogP contribution in [0.1, 0.15) is 51.4 Å². The van der Waals surface area contributed by atoms with Gasteiger partial charge in [-0.3, -0.25) is 0 Å². The molecule has 0 spiro atoms. The third-order valence-electron chi connectivity index (χ3n) is 3.98. The zero-order chi connectivity index (χ0) is 15.5. The van der Waals surface area contributed by atoms with Crippen molar-refractivity contribution in [3.63, 3.8) is 0 Å². The zero-order valence-corrected chi connectivity index (χ0v) is 12.9. The van der Waals surface area contributed by atoms with E-state index in [4.69, 9.17) is 4.74 Å². The summed E-state index contributed by atoms with van der Waals surface area (Å²) in [5, 5.41) is 14.6. The molecule has 1 aliphatic carbocycles. The highest BCUT2D eigenvalue weighted by Gasteiger charge is 2.30. The van der Waals surface area contributed by atoms with Crippen LogP contribution in [0.25, 0.3) is 0 Å². The van der Waals surface area contributed by atoms with Gasteiger partial charge in [-0.15, -0.1) is 0 Å². The van der Waals surface area contributed by atoms with Crippen molar-refractivity contribution >= 4 is 12.0 Å². The maximum absolute atomic E-state index is 11.8. The number of methoxy groups -OCH3 is 1. The van der Waals surface area contributed by atoms with Gasteiger partial charge in [0.25, 0.3) is 0 Å². The molecular formula is C15H28N2O4. The molecule has 0 saturated heterocycles. The van der Waals surface area contributed by atoms with Crippen LogP contribution >= 0.6 is 0 Å². The van der Waals surface area contributed by atoms with Gasteiger partial charge in [-0.25, -0.2) is 9.59 Å². The van der Waals surface area contributed by atoms with E-state index >= 15 is 0 Å². The Bertz CT molecular complexity index is 317. The number of carbonyl (C=O) groups is 2. The molecule has 3 N–H and O–H groups in total. The van der Waals surface area contributed by atoms with E-state index in [1.807, 2.05) is 0 Å². The average molecular weight is 300 g/mol. The first kappa shape index (κ1) is 17.8. The second kappa shape index (κ2) is 10.4. The molecule has 6 heteroatoms. The van der Waals surface area contributed by atoms with Crippen molar-refractivity contribution in [1.82, 2.24) is 10.6 Å². The van der Waals surface area contributed by atoms with E-state index in [1.54, 1.807) is 7.11 Å². The van der Waals surface area contributed by atoms with Crippen molar-refractivity contribution in [2.24, 2.45) is 5.92 Å². The first-order valence-corrected chi connectivity index (χ1v) is 7.91. The highest BCUT2D eigenvalue weighted by Crippen LogP contribution is 2.26. The van der Waals surface area contributed by atoms with E-state index in [0.717, 1.165) is 58.0 Å². The van der Waals surface area contributed by atoms with Crippen molar-refractivity contribution in [2.45, 2.75) is 57.4 Å². The monoisotopic (exact) mass is 300 g/mol. The van der Waals surface area contributed by atoms with E-state index in [-0.39, 0.29) is 11.9 Å². The smallest absolute Gasteiger partial charge is 0.326 e. The Morgan fingerprint density at radius 3 is 2.52 bits per heavy atom. The molecule has 0 heterocycles. The third kappa shape index (κ3) is 7.32. The van der Waals surface area contributed by atoms with Gasteiger partial charge in [0.15, 0.2) is 0 Å². The largest absolute Gasteiger partial charge is 0.480 e. The fourth-order valence-corrected chi connectivity index (χ4v) is 2.79. The van der Waals surface area contributed by atoms with E-state index < -0.39 is 12.0 Å². The van der Waals surface area contributed by atoms with Gasteiger partial charge >= 0.3 is 12.0 Å². The maximum Gasteiger partial charge on any atom is 0.326 e. The number of carbonyl (C=O) groups excluding carboxylic acids is 1. The Labute approximate surface area is 126 Å². The number of rotatable bonds is 9. The highest BCUT2D eigenvalue weighted by molar-refractivity contribution is 5.82. The van der Waals surface area contributed by atoms with Crippen LogP contribution in [0.4, 0.5) is 4.79 Å². The van der Waals surface area contributed by atoms with Crippen LogP contribution in [0.15, 0.2) is 0 Å². The minimum absolute atomic E-state index is 0.0590. The topological polar surface area (TPSA) is 87.7 Å². The summed E-state index contributed by atoms with van der Waals surface area (Å²) in [4.78, 5) is 23.1. The molecular weight excluding hydrogens is 272 g/mol. The van der Waals surface area contributed by atoms with E-state index in [0.29, 0.717) is 6.54 Å². The number of amides is 2. The summed E-state index contributed by atoms with van der Waals surface area (Å²) in [5.41, 5.74) is 0. The molecule has 1 saturated carbocycles. The van der Waals surface area contributed by atoms with Gasteiger partial charge in [0.2, 0.25) is 0 Å². The molecule has 2 amide bonds. The summed E-state index contributed by atoms with van der Waals surface area (Å²) >= 11 is 0. The van der Waals surface area contributed by atoms with Crippen molar-refractivity contribution in [3.8, 4) is 0 Å². The first-order chi connectivity index (χ1) is 10.1. The molecule has 1 fully saturated rings. The van der Waals surface area contributed by atoms with Gasteiger partial charge in [0.1, 0.15) is 6.04 Å². The maximum atomic E-state index is 11.8. The van der Waals surface area contributed by atoms with E-state index in [1.165, 1.54) is 0 Å². The number of ether oxygens (including phenoxy) is 1. The number of carboxylic acids is 1. The average Bonchev–Trinajstić information content (AvgIpc) is 2.49. The van der Waals surface area contributed by atoms with Gasteiger partial charge in [-0.2, -0.15) is 0 Å². The predicted octanol–water partition coefficient (Wildman–Crippen LogP) is 2.14. The number of aliphatic carboxylic acids is 1. The molecule has 21 heavy (non-hydrogen) atoms. The lowest BCUT2D eigenvalue weighted by Crippen LogP contribution is -2.50. The Balaban J connectivity index is 2.24. The van der Waals surface area contributed by atoms with Gasteiger partial charge in [-0.1, -0.05) is 19.3 Å². The molecule has 0 aromatic carbocycles. The quantitative estimate of drug-likeness (QED) is 0.569. The Kier molecular flexibility index (Phi) is 8.82. The van der Waals surface area contributed by atoms with Crippen LogP contribution in [0.2, 0.25) is 0 Å². The number of hydrogen-bond donors (Lipinski definition) is 3. The number of carboxylic acid groups (broad SMARTS) is 1. The van der Waals surface area contributed by atoms with Gasteiger partial charge < -0.3 is 20.5 Å². The van der Waals surface area contributed by atoms with E-state index in [9.17, 15) is 14.7 Å². The molecule has 0 aliphatic heterocycles. The van der Waals surface area contributed by atoms with Crippen molar-refractivity contribution in [3.05, 3.63) is 0 Å². The number of nitrogens with one attached hydrogen (secondary N) is 2. The lowest BCUT2D eigenvalue weighted by Gasteiger charge is -2.28. The summed E-state index contributed by atoms with van der Waals surface area (Å²) in [6.07, 6.45) is 7.87. The first-order valence-electron chi connectivity index (χ1n) is 7.91. The summed E-state index contributed by atoms with van der Waals surface area (Å²) in [7, 11) is 1.67. The fraction of sp³-hybridized carbons (Fsp3) is 0.867. The van der Waals surface area contributed by atoms with Crippen LogP contribution in [0.3, 0.4) is 0 Å². The molecule has 0 bridgehead atoms. The van der Waals surface area contributed by atoms with Crippen molar-refractivity contribution in [1.29, 1.82) is 0 Å². The lowest BCUT2D eigenvalue weighted by molar-refractivity contribution is -0.141. The van der Waals surface area contributed by atoms with Crippen LogP contribution < -0.4 is 10.6 Å². The highest BCUT2D eigenvalue weighted by atomic mass is 16.5. The lowest BCUT2D eigenvalue weighted by atomic mass is 9.84. The Morgan fingerprint density at radius 1 is 1.19 bits per heavy atom. The SMILES string of the molecule is COCCCCCNC(=O)NC(C(=O)O)C1CCCCC1.